The lowest BCUT2D eigenvalue weighted by molar-refractivity contribution is -0.118. The van der Waals surface area contributed by atoms with Gasteiger partial charge in [0.05, 0.1) is 23.1 Å². The lowest BCUT2D eigenvalue weighted by Crippen LogP contribution is -2.59. The molecule has 1 amide bonds. The molecule has 30 heavy (non-hydrogen) atoms. The zero-order valence-electron chi connectivity index (χ0n) is 17.4. The Morgan fingerprint density at radius 2 is 1.70 bits per heavy atom. The van der Waals surface area contributed by atoms with Crippen molar-refractivity contribution in [2.24, 2.45) is 0 Å². The number of anilines is 1. The number of para-hydroxylation sites is 1. The average molecular weight is 427 g/mol. The molecule has 0 aromatic heterocycles. The van der Waals surface area contributed by atoms with E-state index in [1.54, 1.807) is 0 Å². The highest BCUT2D eigenvalue weighted by atomic mass is 32.2. The van der Waals surface area contributed by atoms with E-state index in [0.717, 1.165) is 11.3 Å². The topological polar surface area (TPSA) is 93.5 Å². The molecular formula is C22H26N4O3S. The van der Waals surface area contributed by atoms with E-state index in [1.807, 2.05) is 56.0 Å². The fourth-order valence-corrected chi connectivity index (χ4v) is 5.75. The number of benzene rings is 2. The summed E-state index contributed by atoms with van der Waals surface area (Å²) in [4.78, 5) is 14.6. The number of carbonyl (C=O) groups is 1. The van der Waals surface area contributed by atoms with Crippen molar-refractivity contribution < 1.29 is 13.2 Å². The Bertz CT molecular complexity index is 1050. The first-order chi connectivity index (χ1) is 14.2. The highest BCUT2D eigenvalue weighted by Gasteiger charge is 2.38. The molecule has 1 aliphatic rings. The minimum absolute atomic E-state index is 0.118. The summed E-state index contributed by atoms with van der Waals surface area (Å²) < 4.78 is 27.8. The van der Waals surface area contributed by atoms with Gasteiger partial charge in [-0.05, 0) is 56.7 Å². The van der Waals surface area contributed by atoms with E-state index in [4.69, 9.17) is 5.26 Å². The summed E-state index contributed by atoms with van der Waals surface area (Å²) in [6.45, 7) is 6.76. The van der Waals surface area contributed by atoms with Crippen LogP contribution in [0.3, 0.4) is 0 Å². The molecule has 1 saturated heterocycles. The van der Waals surface area contributed by atoms with Crippen molar-refractivity contribution in [1.82, 2.24) is 9.21 Å². The van der Waals surface area contributed by atoms with Crippen LogP contribution in [-0.4, -0.2) is 55.2 Å². The molecule has 8 heteroatoms. The van der Waals surface area contributed by atoms with E-state index >= 15 is 0 Å². The summed E-state index contributed by atoms with van der Waals surface area (Å²) in [5.41, 5.74) is 2.19. The van der Waals surface area contributed by atoms with Crippen LogP contribution in [0.5, 0.6) is 0 Å². The van der Waals surface area contributed by atoms with Crippen molar-refractivity contribution in [1.29, 1.82) is 5.26 Å². The van der Waals surface area contributed by atoms with Gasteiger partial charge < -0.3 is 5.32 Å². The van der Waals surface area contributed by atoms with Gasteiger partial charge in [-0.2, -0.15) is 9.57 Å². The van der Waals surface area contributed by atoms with Crippen molar-refractivity contribution in [3.05, 3.63) is 59.7 Å². The maximum atomic E-state index is 13.2. The third-order valence-electron chi connectivity index (χ3n) is 5.26. The SMILES string of the molecule is Cc1ccccc1NC(=O)CN1C[C@@H](C)N(S(=O)(=O)c2ccc(C#N)cc2)[C@@H](C)C1. The first-order valence-corrected chi connectivity index (χ1v) is 11.3. The Hall–Kier alpha value is -2.73. The number of aryl methyl sites for hydroxylation is 1. The number of nitrogens with one attached hydrogen (secondary N) is 1. The maximum Gasteiger partial charge on any atom is 0.243 e. The molecule has 2 aromatic carbocycles. The number of nitrogens with zero attached hydrogens (tertiary/aromatic N) is 3. The summed E-state index contributed by atoms with van der Waals surface area (Å²) in [6, 6.07) is 15.0. The van der Waals surface area contributed by atoms with Crippen LogP contribution in [0.2, 0.25) is 0 Å². The molecule has 2 atom stereocenters. The molecule has 0 unspecified atom stereocenters. The van der Waals surface area contributed by atoms with Crippen LogP contribution < -0.4 is 5.32 Å². The van der Waals surface area contributed by atoms with Gasteiger partial charge in [0.15, 0.2) is 0 Å². The van der Waals surface area contributed by atoms with Gasteiger partial charge >= 0.3 is 0 Å². The second-order valence-electron chi connectivity index (χ2n) is 7.73. The second kappa shape index (κ2) is 8.96. The first kappa shape index (κ1) is 22.0. The van der Waals surface area contributed by atoms with Gasteiger partial charge in [-0.25, -0.2) is 8.42 Å². The van der Waals surface area contributed by atoms with Gasteiger partial charge in [0.1, 0.15) is 0 Å². The molecule has 1 heterocycles. The molecule has 158 valence electrons. The zero-order valence-corrected chi connectivity index (χ0v) is 18.2. The number of carbonyl (C=O) groups excluding carboxylic acids is 1. The Morgan fingerprint density at radius 3 is 2.27 bits per heavy atom. The summed E-state index contributed by atoms with van der Waals surface area (Å²) in [5.74, 6) is -0.118. The van der Waals surface area contributed by atoms with E-state index in [1.165, 1.54) is 28.6 Å². The predicted octanol–water partition coefficient (Wildman–Crippen LogP) is 2.59. The van der Waals surface area contributed by atoms with Crippen molar-refractivity contribution in [3.63, 3.8) is 0 Å². The highest BCUT2D eigenvalue weighted by Crippen LogP contribution is 2.25. The Kier molecular flexibility index (Phi) is 6.56. The normalized spacial score (nSPS) is 20.5. The van der Waals surface area contributed by atoms with E-state index in [9.17, 15) is 13.2 Å². The van der Waals surface area contributed by atoms with Gasteiger partial charge in [-0.15, -0.1) is 0 Å². The molecule has 0 bridgehead atoms. The Morgan fingerprint density at radius 1 is 1.10 bits per heavy atom. The minimum Gasteiger partial charge on any atom is -0.325 e. The lowest BCUT2D eigenvalue weighted by Gasteiger charge is -2.43. The Labute approximate surface area is 178 Å². The van der Waals surface area contributed by atoms with E-state index < -0.39 is 10.0 Å². The van der Waals surface area contributed by atoms with Gasteiger partial charge in [-0.3, -0.25) is 9.69 Å². The lowest BCUT2D eigenvalue weighted by atomic mass is 10.1. The standard InChI is InChI=1S/C22H26N4O3S/c1-16-6-4-5-7-21(16)24-22(27)15-25-13-17(2)26(18(3)14-25)30(28,29)20-10-8-19(12-23)9-11-20/h4-11,17-18H,13-15H2,1-3H3,(H,24,27)/t17-,18+. The quantitative estimate of drug-likeness (QED) is 0.793. The summed E-state index contributed by atoms with van der Waals surface area (Å²) in [5, 5.41) is 11.9. The molecular weight excluding hydrogens is 400 g/mol. The maximum absolute atomic E-state index is 13.2. The largest absolute Gasteiger partial charge is 0.325 e. The fraction of sp³-hybridized carbons (Fsp3) is 0.364. The average Bonchev–Trinajstić information content (AvgIpc) is 2.69. The van der Waals surface area contributed by atoms with E-state index in [0.29, 0.717) is 18.7 Å². The van der Waals surface area contributed by atoms with E-state index in [-0.39, 0.29) is 29.4 Å². The molecule has 0 aliphatic carbocycles. The number of hydrogen-bond acceptors (Lipinski definition) is 5. The fourth-order valence-electron chi connectivity index (χ4n) is 3.95. The summed E-state index contributed by atoms with van der Waals surface area (Å²) in [6.07, 6.45) is 0. The molecule has 0 saturated carbocycles. The highest BCUT2D eigenvalue weighted by molar-refractivity contribution is 7.89. The van der Waals surface area contributed by atoms with Crippen LogP contribution >= 0.6 is 0 Å². The van der Waals surface area contributed by atoms with Crippen LogP contribution in [0.1, 0.15) is 25.0 Å². The monoisotopic (exact) mass is 426 g/mol. The van der Waals surface area contributed by atoms with Gasteiger partial charge in [-0.1, -0.05) is 18.2 Å². The summed E-state index contributed by atoms with van der Waals surface area (Å²) >= 11 is 0. The van der Waals surface area contributed by atoms with Gasteiger partial charge in [0, 0.05) is 30.9 Å². The van der Waals surface area contributed by atoms with Crippen molar-refractivity contribution in [2.45, 2.75) is 37.8 Å². The number of hydrogen-bond donors (Lipinski definition) is 1. The number of rotatable bonds is 5. The smallest absolute Gasteiger partial charge is 0.243 e. The second-order valence-corrected chi connectivity index (χ2v) is 9.57. The molecule has 1 aliphatic heterocycles. The summed E-state index contributed by atoms with van der Waals surface area (Å²) in [7, 11) is -3.69. The van der Waals surface area contributed by atoms with Crippen LogP contribution in [0, 0.1) is 18.3 Å². The molecule has 2 aromatic rings. The molecule has 0 radical (unpaired) electrons. The van der Waals surface area contributed by atoms with Gasteiger partial charge in [0.2, 0.25) is 15.9 Å². The Balaban J connectivity index is 1.68. The van der Waals surface area contributed by atoms with Crippen molar-refractivity contribution >= 4 is 21.6 Å². The predicted molar refractivity (Wildman–Crippen MR) is 115 cm³/mol. The first-order valence-electron chi connectivity index (χ1n) is 9.84. The molecule has 0 spiro atoms. The molecule has 7 nitrogen and oxygen atoms in total. The number of sulfonamides is 1. The third-order valence-corrected chi connectivity index (χ3v) is 7.40. The zero-order chi connectivity index (χ0) is 21.9. The van der Waals surface area contributed by atoms with Crippen molar-refractivity contribution in [3.8, 4) is 6.07 Å². The minimum atomic E-state index is -3.69. The molecule has 1 N–H and O–H groups in total. The molecule has 3 rings (SSSR count). The van der Waals surface area contributed by atoms with Crippen LogP contribution in [0.25, 0.3) is 0 Å². The number of piperazine rings is 1. The van der Waals surface area contributed by atoms with E-state index in [2.05, 4.69) is 5.32 Å². The van der Waals surface area contributed by atoms with Crippen LogP contribution in [-0.2, 0) is 14.8 Å². The van der Waals surface area contributed by atoms with Gasteiger partial charge in [0.25, 0.3) is 0 Å². The third kappa shape index (κ3) is 4.70. The molecule has 1 fully saturated rings. The van der Waals surface area contributed by atoms with Crippen LogP contribution in [0.15, 0.2) is 53.4 Å². The number of nitriles is 1. The van der Waals surface area contributed by atoms with Crippen LogP contribution in [0.4, 0.5) is 5.69 Å². The number of amides is 1. The van der Waals surface area contributed by atoms with Crippen molar-refractivity contribution in [2.75, 3.05) is 25.0 Å².